The second-order valence-corrected chi connectivity index (χ2v) is 10.5. The fourth-order valence-corrected chi connectivity index (χ4v) is 5.77. The fourth-order valence-electron chi connectivity index (χ4n) is 4.31. The number of para-hydroxylation sites is 1. The maximum Gasteiger partial charge on any atom is 0.270 e. The zero-order valence-corrected chi connectivity index (χ0v) is 21.8. The van der Waals surface area contributed by atoms with E-state index in [0.717, 1.165) is 28.2 Å². The molecule has 1 N–H and O–H groups in total. The molecule has 2 amide bonds. The molecule has 0 spiro atoms. The van der Waals surface area contributed by atoms with Gasteiger partial charge in [-0.15, -0.1) is 0 Å². The minimum absolute atomic E-state index is 0.0534. The van der Waals surface area contributed by atoms with Crippen molar-refractivity contribution < 1.29 is 23.5 Å². The number of nitrogens with zero attached hydrogens (tertiary/aromatic N) is 2. The lowest BCUT2D eigenvalue weighted by atomic mass is 10.1. The lowest BCUT2D eigenvalue weighted by Crippen LogP contribution is -2.27. The van der Waals surface area contributed by atoms with Crippen molar-refractivity contribution in [1.29, 1.82) is 0 Å². The number of nitrogens with one attached hydrogen (secondary N) is 1. The maximum atomic E-state index is 13.6. The molecule has 1 fully saturated rings. The molecule has 1 saturated heterocycles. The van der Waals surface area contributed by atoms with Gasteiger partial charge in [0.1, 0.15) is 12.4 Å². The normalized spacial score (nSPS) is 15.6. The van der Waals surface area contributed by atoms with Gasteiger partial charge in [-0.25, -0.2) is 4.39 Å². The van der Waals surface area contributed by atoms with Gasteiger partial charge in [-0.05, 0) is 42.5 Å². The van der Waals surface area contributed by atoms with Crippen LogP contribution in [0.5, 0.6) is 11.5 Å². The Labute approximate surface area is 230 Å². The van der Waals surface area contributed by atoms with Gasteiger partial charge in [0.05, 0.1) is 15.6 Å². The molecule has 0 bridgehead atoms. The first-order valence-electron chi connectivity index (χ1n) is 11.4. The highest BCUT2D eigenvalue weighted by atomic mass is 35.5. The van der Waals surface area contributed by atoms with Crippen LogP contribution < -0.4 is 19.7 Å². The van der Waals surface area contributed by atoms with Crippen LogP contribution in [0.3, 0.4) is 0 Å². The summed E-state index contributed by atoms with van der Waals surface area (Å²) in [6, 6.07) is 16.9. The van der Waals surface area contributed by atoms with E-state index in [9.17, 15) is 14.0 Å². The fraction of sp³-hybridized carbons (Fsp3) is 0.0741. The average molecular weight is 566 g/mol. The van der Waals surface area contributed by atoms with E-state index in [4.69, 9.17) is 33.3 Å². The molecule has 6 rings (SSSR count). The molecular weight excluding hydrogens is 549 g/mol. The van der Waals surface area contributed by atoms with E-state index in [1.807, 2.05) is 35.0 Å². The summed E-state index contributed by atoms with van der Waals surface area (Å²) in [6.07, 6.45) is 3.57. The number of rotatable bonds is 5. The van der Waals surface area contributed by atoms with Gasteiger partial charge in [-0.1, -0.05) is 53.8 Å². The van der Waals surface area contributed by atoms with E-state index in [0.29, 0.717) is 32.1 Å². The summed E-state index contributed by atoms with van der Waals surface area (Å²) in [5.74, 6) is 0.0798. The summed E-state index contributed by atoms with van der Waals surface area (Å²) >= 11 is 12.5. The van der Waals surface area contributed by atoms with Crippen LogP contribution in [0.15, 0.2) is 71.8 Å². The molecule has 3 heterocycles. The van der Waals surface area contributed by atoms with Gasteiger partial charge < -0.3 is 19.4 Å². The first-order chi connectivity index (χ1) is 18.4. The van der Waals surface area contributed by atoms with E-state index in [1.54, 1.807) is 24.3 Å². The monoisotopic (exact) mass is 565 g/mol. The summed E-state index contributed by atoms with van der Waals surface area (Å²) in [4.78, 5) is 27.9. The second kappa shape index (κ2) is 9.79. The van der Waals surface area contributed by atoms with Gasteiger partial charge in [0, 0.05) is 34.4 Å². The zero-order valence-electron chi connectivity index (χ0n) is 19.4. The summed E-state index contributed by atoms with van der Waals surface area (Å²) < 4.78 is 26.5. The number of fused-ring (bicyclic) bond motifs is 2. The van der Waals surface area contributed by atoms with Crippen molar-refractivity contribution >= 4 is 80.1 Å². The van der Waals surface area contributed by atoms with Gasteiger partial charge >= 0.3 is 0 Å². The molecule has 2 aliphatic rings. The van der Waals surface area contributed by atoms with Crippen LogP contribution in [0.25, 0.3) is 17.0 Å². The third-order valence-electron chi connectivity index (χ3n) is 6.03. The van der Waals surface area contributed by atoms with Gasteiger partial charge in [0.2, 0.25) is 12.7 Å². The molecule has 0 radical (unpaired) electrons. The van der Waals surface area contributed by atoms with Crippen molar-refractivity contribution in [3.8, 4) is 11.5 Å². The van der Waals surface area contributed by atoms with E-state index < -0.39 is 5.82 Å². The lowest BCUT2D eigenvalue weighted by Gasteiger charge is -2.14. The Morgan fingerprint density at radius 2 is 1.95 bits per heavy atom. The second-order valence-electron chi connectivity index (χ2n) is 8.46. The molecule has 3 aromatic carbocycles. The number of hydrogen-bond donors (Lipinski definition) is 1. The molecule has 7 nitrogen and oxygen atoms in total. The highest BCUT2D eigenvalue weighted by Gasteiger charge is 2.34. The van der Waals surface area contributed by atoms with E-state index in [1.165, 1.54) is 23.1 Å². The summed E-state index contributed by atoms with van der Waals surface area (Å²) in [5.41, 5.74) is 2.58. The van der Waals surface area contributed by atoms with Crippen molar-refractivity contribution in [3.05, 3.63) is 88.2 Å². The van der Waals surface area contributed by atoms with Crippen LogP contribution in [-0.2, 0) is 16.1 Å². The SMILES string of the molecule is O=C(Cn1cc(/C=C2\SC(=S)N(c3ccc(F)c(Cl)c3)C2=O)c2ccccc21)Nc1ccc2c(c1)OCO2. The Balaban J connectivity index is 1.26. The Morgan fingerprint density at radius 1 is 1.13 bits per heavy atom. The lowest BCUT2D eigenvalue weighted by molar-refractivity contribution is -0.116. The van der Waals surface area contributed by atoms with Gasteiger partial charge in [0.15, 0.2) is 15.8 Å². The highest BCUT2D eigenvalue weighted by Crippen LogP contribution is 2.38. The van der Waals surface area contributed by atoms with Crippen molar-refractivity contribution in [2.24, 2.45) is 0 Å². The van der Waals surface area contributed by atoms with Crippen molar-refractivity contribution in [3.63, 3.8) is 0 Å². The molecule has 1 aromatic heterocycles. The first-order valence-corrected chi connectivity index (χ1v) is 13.0. The van der Waals surface area contributed by atoms with Gasteiger partial charge in [-0.2, -0.15) is 0 Å². The molecule has 0 unspecified atom stereocenters. The maximum absolute atomic E-state index is 13.6. The van der Waals surface area contributed by atoms with Gasteiger partial charge in [-0.3, -0.25) is 14.5 Å². The van der Waals surface area contributed by atoms with E-state index >= 15 is 0 Å². The number of thioether (sulfide) groups is 1. The zero-order chi connectivity index (χ0) is 26.4. The predicted octanol–water partition coefficient (Wildman–Crippen LogP) is 6.21. The molecule has 4 aromatic rings. The molecule has 11 heteroatoms. The van der Waals surface area contributed by atoms with Crippen LogP contribution in [0.1, 0.15) is 5.56 Å². The Kier molecular flexibility index (Phi) is 6.30. The quantitative estimate of drug-likeness (QED) is 0.229. The number of anilines is 2. The van der Waals surface area contributed by atoms with Crippen LogP contribution in [0.2, 0.25) is 5.02 Å². The number of ether oxygens (including phenoxy) is 2. The van der Waals surface area contributed by atoms with Crippen molar-refractivity contribution in [2.75, 3.05) is 17.0 Å². The van der Waals surface area contributed by atoms with E-state index in [2.05, 4.69) is 5.32 Å². The molecule has 0 aliphatic carbocycles. The molecule has 0 atom stereocenters. The van der Waals surface area contributed by atoms with E-state index in [-0.39, 0.29) is 30.2 Å². The molecule has 2 aliphatic heterocycles. The number of thiocarbonyl (C=S) groups is 1. The van der Waals surface area contributed by atoms with Crippen LogP contribution in [-0.4, -0.2) is 27.5 Å². The third kappa shape index (κ3) is 4.51. The smallest absolute Gasteiger partial charge is 0.270 e. The summed E-state index contributed by atoms with van der Waals surface area (Å²) in [6.45, 7) is 0.207. The topological polar surface area (TPSA) is 72.8 Å². The number of benzene rings is 3. The number of aromatic nitrogens is 1. The van der Waals surface area contributed by atoms with Crippen molar-refractivity contribution in [2.45, 2.75) is 6.54 Å². The summed E-state index contributed by atoms with van der Waals surface area (Å²) in [5, 5.41) is 3.66. The Bertz CT molecular complexity index is 1690. The van der Waals surface area contributed by atoms with Crippen molar-refractivity contribution in [1.82, 2.24) is 4.57 Å². The minimum Gasteiger partial charge on any atom is -0.454 e. The third-order valence-corrected chi connectivity index (χ3v) is 7.62. The average Bonchev–Trinajstić information content (AvgIpc) is 3.57. The van der Waals surface area contributed by atoms with Crippen LogP contribution in [0, 0.1) is 5.82 Å². The minimum atomic E-state index is -0.577. The predicted molar refractivity (Wildman–Crippen MR) is 150 cm³/mol. The molecule has 190 valence electrons. The summed E-state index contributed by atoms with van der Waals surface area (Å²) in [7, 11) is 0. The molecule has 0 saturated carbocycles. The molecule has 38 heavy (non-hydrogen) atoms. The Morgan fingerprint density at radius 3 is 2.79 bits per heavy atom. The number of halogens is 2. The number of amides is 2. The van der Waals surface area contributed by atoms with Crippen LogP contribution >= 0.6 is 35.6 Å². The van der Waals surface area contributed by atoms with Gasteiger partial charge in [0.25, 0.3) is 5.91 Å². The van der Waals surface area contributed by atoms with Crippen LogP contribution in [0.4, 0.5) is 15.8 Å². The number of carbonyl (C=O) groups excluding carboxylic acids is 2. The standard InChI is InChI=1S/C27H17ClFN3O4S2/c28-19-11-17(6-7-20(19)29)32-26(34)24(38-27(32)37)9-15-12-31(21-4-2-1-3-18(15)21)13-25(33)30-16-5-8-22-23(10-16)36-14-35-22/h1-12H,13-14H2,(H,30,33)/b24-9-. The highest BCUT2D eigenvalue weighted by molar-refractivity contribution is 8.27. The number of hydrogen-bond acceptors (Lipinski definition) is 6. The first kappa shape index (κ1) is 24.5. The molecular formula is C27H17ClFN3O4S2. The number of carbonyl (C=O) groups is 2. The Hall–Kier alpha value is -3.86. The largest absolute Gasteiger partial charge is 0.454 e.